The van der Waals surface area contributed by atoms with Gasteiger partial charge < -0.3 is 16.0 Å². The van der Waals surface area contributed by atoms with Crippen molar-refractivity contribution in [3.05, 3.63) is 65.7 Å². The van der Waals surface area contributed by atoms with Crippen LogP contribution in [0.5, 0.6) is 0 Å². The van der Waals surface area contributed by atoms with E-state index in [0.717, 1.165) is 11.3 Å². The zero-order valence-corrected chi connectivity index (χ0v) is 12.4. The first kappa shape index (κ1) is 15.6. The molecule has 2 aromatic carbocycles. The highest BCUT2D eigenvalue weighted by atomic mass is 16.2. The maximum atomic E-state index is 12.1. The average molecular weight is 297 g/mol. The van der Waals surface area contributed by atoms with Gasteiger partial charge in [-0.2, -0.15) is 0 Å². The number of nitrogens with one attached hydrogen (secondary N) is 3. The van der Waals surface area contributed by atoms with Crippen molar-refractivity contribution in [2.45, 2.75) is 6.54 Å². The second kappa shape index (κ2) is 7.83. The van der Waals surface area contributed by atoms with Gasteiger partial charge in [-0.05, 0) is 23.8 Å². The Balaban J connectivity index is 1.93. The molecule has 3 N–H and O–H groups in total. The molecule has 5 nitrogen and oxygen atoms in total. The van der Waals surface area contributed by atoms with Crippen molar-refractivity contribution in [1.29, 1.82) is 0 Å². The normalized spacial score (nSPS) is 9.86. The molecule has 22 heavy (non-hydrogen) atoms. The van der Waals surface area contributed by atoms with E-state index in [-0.39, 0.29) is 18.4 Å². The molecule has 2 amide bonds. The third-order valence-electron chi connectivity index (χ3n) is 3.15. The van der Waals surface area contributed by atoms with Gasteiger partial charge in [0, 0.05) is 24.8 Å². The predicted octanol–water partition coefficient (Wildman–Crippen LogP) is 1.77. The van der Waals surface area contributed by atoms with Gasteiger partial charge in [0.1, 0.15) is 0 Å². The Kier molecular flexibility index (Phi) is 5.54. The minimum atomic E-state index is -0.146. The number of anilines is 1. The van der Waals surface area contributed by atoms with Crippen LogP contribution in [-0.2, 0) is 11.3 Å². The topological polar surface area (TPSA) is 70.2 Å². The van der Waals surface area contributed by atoms with Crippen LogP contribution in [0.1, 0.15) is 15.9 Å². The number of hydrogen-bond acceptors (Lipinski definition) is 3. The van der Waals surface area contributed by atoms with E-state index in [2.05, 4.69) is 16.0 Å². The lowest BCUT2D eigenvalue weighted by atomic mass is 10.1. The van der Waals surface area contributed by atoms with Gasteiger partial charge in [0.2, 0.25) is 5.91 Å². The van der Waals surface area contributed by atoms with Crippen LogP contribution in [0.3, 0.4) is 0 Å². The summed E-state index contributed by atoms with van der Waals surface area (Å²) in [7, 11) is 1.58. The molecular formula is C17H19N3O2. The Hall–Kier alpha value is -2.82. The summed E-state index contributed by atoms with van der Waals surface area (Å²) in [5.41, 5.74) is 2.33. The van der Waals surface area contributed by atoms with E-state index in [0.29, 0.717) is 12.1 Å². The molecule has 0 spiro atoms. The second-order valence-corrected chi connectivity index (χ2v) is 4.78. The van der Waals surface area contributed by atoms with E-state index in [1.54, 1.807) is 25.2 Å². The Bertz CT molecular complexity index is 641. The molecule has 5 heteroatoms. The lowest BCUT2D eigenvalue weighted by Gasteiger charge is -2.09. The van der Waals surface area contributed by atoms with E-state index in [4.69, 9.17) is 0 Å². The number of carbonyl (C=O) groups excluding carboxylic acids is 2. The second-order valence-electron chi connectivity index (χ2n) is 4.78. The SMILES string of the molecule is CNC(=O)CNc1cccc(C(=O)NCc2ccccc2)c1. The van der Waals surface area contributed by atoms with E-state index in [1.165, 1.54) is 0 Å². The van der Waals surface area contributed by atoms with Crippen LogP contribution in [0.2, 0.25) is 0 Å². The molecule has 0 saturated carbocycles. The van der Waals surface area contributed by atoms with Crippen LogP contribution in [0, 0.1) is 0 Å². The summed E-state index contributed by atoms with van der Waals surface area (Å²) in [6.45, 7) is 0.654. The molecule has 0 aliphatic heterocycles. The Morgan fingerprint density at radius 3 is 2.50 bits per heavy atom. The van der Waals surface area contributed by atoms with Gasteiger partial charge in [-0.25, -0.2) is 0 Å². The lowest BCUT2D eigenvalue weighted by molar-refractivity contribution is -0.118. The molecule has 0 aromatic heterocycles. The Labute approximate surface area is 129 Å². The zero-order valence-electron chi connectivity index (χ0n) is 12.4. The summed E-state index contributed by atoms with van der Waals surface area (Å²) in [5, 5.41) is 8.38. The van der Waals surface area contributed by atoms with Crippen LogP contribution in [0.15, 0.2) is 54.6 Å². The molecule has 0 heterocycles. The van der Waals surface area contributed by atoms with Crippen molar-refractivity contribution in [2.24, 2.45) is 0 Å². The van der Waals surface area contributed by atoms with Crippen molar-refractivity contribution in [1.82, 2.24) is 10.6 Å². The molecule has 0 aliphatic rings. The summed E-state index contributed by atoms with van der Waals surface area (Å²) < 4.78 is 0. The third-order valence-corrected chi connectivity index (χ3v) is 3.15. The van der Waals surface area contributed by atoms with Gasteiger partial charge in [-0.3, -0.25) is 9.59 Å². The number of likely N-dealkylation sites (N-methyl/N-ethyl adjacent to an activating group) is 1. The minimum Gasteiger partial charge on any atom is -0.376 e. The summed E-state index contributed by atoms with van der Waals surface area (Å²) in [4.78, 5) is 23.4. The fourth-order valence-electron chi connectivity index (χ4n) is 1.92. The summed E-state index contributed by atoms with van der Waals surface area (Å²) in [5.74, 6) is -0.258. The summed E-state index contributed by atoms with van der Waals surface area (Å²) in [6, 6.07) is 16.8. The van der Waals surface area contributed by atoms with Crippen molar-refractivity contribution < 1.29 is 9.59 Å². The number of benzene rings is 2. The van der Waals surface area contributed by atoms with Crippen molar-refractivity contribution in [2.75, 3.05) is 18.9 Å². The quantitative estimate of drug-likeness (QED) is 0.761. The smallest absolute Gasteiger partial charge is 0.251 e. The lowest BCUT2D eigenvalue weighted by Crippen LogP contribution is -2.26. The molecular weight excluding hydrogens is 278 g/mol. The number of hydrogen-bond donors (Lipinski definition) is 3. The first-order chi connectivity index (χ1) is 10.7. The van der Waals surface area contributed by atoms with Crippen LogP contribution in [-0.4, -0.2) is 25.4 Å². The molecule has 0 unspecified atom stereocenters. The highest BCUT2D eigenvalue weighted by molar-refractivity contribution is 5.95. The van der Waals surface area contributed by atoms with Gasteiger partial charge in [-0.15, -0.1) is 0 Å². The molecule has 0 fully saturated rings. The van der Waals surface area contributed by atoms with Crippen molar-refractivity contribution in [3.8, 4) is 0 Å². The molecule has 114 valence electrons. The highest BCUT2D eigenvalue weighted by Crippen LogP contribution is 2.10. The standard InChI is InChI=1S/C17H19N3O2/c1-18-16(21)12-19-15-9-5-8-14(10-15)17(22)20-11-13-6-3-2-4-7-13/h2-10,19H,11-12H2,1H3,(H,18,21)(H,20,22). The fourth-order valence-corrected chi connectivity index (χ4v) is 1.92. The third kappa shape index (κ3) is 4.63. The Morgan fingerprint density at radius 2 is 1.77 bits per heavy atom. The molecule has 0 atom stereocenters. The Morgan fingerprint density at radius 1 is 1.00 bits per heavy atom. The fraction of sp³-hybridized carbons (Fsp3) is 0.176. The molecule has 2 rings (SSSR count). The van der Waals surface area contributed by atoms with Crippen LogP contribution in [0.4, 0.5) is 5.69 Å². The van der Waals surface area contributed by atoms with Gasteiger partial charge in [0.25, 0.3) is 5.91 Å². The van der Waals surface area contributed by atoms with Crippen LogP contribution < -0.4 is 16.0 Å². The maximum Gasteiger partial charge on any atom is 0.251 e. The van der Waals surface area contributed by atoms with Crippen LogP contribution >= 0.6 is 0 Å². The van der Waals surface area contributed by atoms with E-state index >= 15 is 0 Å². The van der Waals surface area contributed by atoms with Crippen molar-refractivity contribution >= 4 is 17.5 Å². The molecule has 0 saturated heterocycles. The van der Waals surface area contributed by atoms with Crippen molar-refractivity contribution in [3.63, 3.8) is 0 Å². The van der Waals surface area contributed by atoms with Gasteiger partial charge >= 0.3 is 0 Å². The molecule has 0 radical (unpaired) electrons. The summed E-state index contributed by atoms with van der Waals surface area (Å²) >= 11 is 0. The minimum absolute atomic E-state index is 0.112. The number of carbonyl (C=O) groups is 2. The number of rotatable bonds is 6. The molecule has 0 aliphatic carbocycles. The average Bonchev–Trinajstić information content (AvgIpc) is 2.58. The van der Waals surface area contributed by atoms with Gasteiger partial charge in [-0.1, -0.05) is 36.4 Å². The monoisotopic (exact) mass is 297 g/mol. The van der Waals surface area contributed by atoms with Gasteiger partial charge in [0.05, 0.1) is 6.54 Å². The molecule has 0 bridgehead atoms. The zero-order chi connectivity index (χ0) is 15.8. The highest BCUT2D eigenvalue weighted by Gasteiger charge is 2.06. The van der Waals surface area contributed by atoms with E-state index in [1.807, 2.05) is 36.4 Å². The number of amides is 2. The largest absolute Gasteiger partial charge is 0.376 e. The van der Waals surface area contributed by atoms with Gasteiger partial charge in [0.15, 0.2) is 0 Å². The first-order valence-electron chi connectivity index (χ1n) is 7.05. The summed E-state index contributed by atoms with van der Waals surface area (Å²) in [6.07, 6.45) is 0. The van der Waals surface area contributed by atoms with Crippen LogP contribution in [0.25, 0.3) is 0 Å². The van der Waals surface area contributed by atoms with E-state index < -0.39 is 0 Å². The maximum absolute atomic E-state index is 12.1. The predicted molar refractivity (Wildman–Crippen MR) is 86.6 cm³/mol. The molecule has 2 aromatic rings. The van der Waals surface area contributed by atoms with E-state index in [9.17, 15) is 9.59 Å². The first-order valence-corrected chi connectivity index (χ1v) is 7.05.